The zero-order chi connectivity index (χ0) is 17.2. The molecule has 0 aliphatic rings. The van der Waals surface area contributed by atoms with Crippen molar-refractivity contribution in [3.63, 3.8) is 0 Å². The minimum Gasteiger partial charge on any atom is -0.466 e. The Hall–Kier alpha value is -1.10. The van der Waals surface area contributed by atoms with Crippen LogP contribution in [-0.4, -0.2) is 36.7 Å². The predicted octanol–water partition coefficient (Wildman–Crippen LogP) is 3.05. The van der Waals surface area contributed by atoms with Crippen molar-refractivity contribution in [2.24, 2.45) is 5.92 Å². The number of carbonyl (C=O) groups excluding carboxylic acids is 2. The fourth-order valence-electron chi connectivity index (χ4n) is 1.97. The number of unbranched alkanes of at least 4 members (excludes halogenated alkanes) is 1. The van der Waals surface area contributed by atoms with Crippen LogP contribution in [0, 0.1) is 5.92 Å². The van der Waals surface area contributed by atoms with E-state index in [1.165, 1.54) is 19.3 Å². The minimum atomic E-state index is -0.0501. The van der Waals surface area contributed by atoms with Gasteiger partial charge in [0.2, 0.25) is 6.41 Å². The second-order valence-corrected chi connectivity index (χ2v) is 5.54. The van der Waals surface area contributed by atoms with Crippen LogP contribution in [0.15, 0.2) is 0 Å². The van der Waals surface area contributed by atoms with Gasteiger partial charge in [-0.2, -0.15) is 0 Å². The van der Waals surface area contributed by atoms with Gasteiger partial charge >= 0.3 is 5.97 Å². The fraction of sp³-hybridized carbons (Fsp3) is 0.882. The molecular weight excluding hydrogens is 282 g/mol. The normalized spacial score (nSPS) is 12.6. The molecule has 0 spiro atoms. The lowest BCUT2D eigenvalue weighted by atomic mass is 9.99. The van der Waals surface area contributed by atoms with Crippen LogP contribution in [0.1, 0.15) is 72.6 Å². The second kappa shape index (κ2) is 18.0. The third-order valence-electron chi connectivity index (χ3n) is 3.36. The summed E-state index contributed by atoms with van der Waals surface area (Å²) < 4.78 is 4.86. The number of carbonyl (C=O) groups is 2. The summed E-state index contributed by atoms with van der Waals surface area (Å²) in [6.45, 7) is 8.79. The zero-order valence-electron chi connectivity index (χ0n) is 14.8. The van der Waals surface area contributed by atoms with E-state index in [1.807, 2.05) is 13.8 Å². The Labute approximate surface area is 135 Å². The molecule has 0 aromatic carbocycles. The second-order valence-electron chi connectivity index (χ2n) is 5.54. The monoisotopic (exact) mass is 317 g/mol. The molecule has 22 heavy (non-hydrogen) atoms. The molecule has 2 N–H and O–H groups in total. The highest BCUT2D eigenvalue weighted by Gasteiger charge is 2.06. The minimum absolute atomic E-state index is 0.0343. The average molecular weight is 317 g/mol. The summed E-state index contributed by atoms with van der Waals surface area (Å²) in [6, 6.07) is -0.0486. The van der Waals surface area contributed by atoms with E-state index in [-0.39, 0.29) is 18.6 Å². The molecule has 1 amide bonds. The Kier molecular flexibility index (Phi) is 18.9. The highest BCUT2D eigenvalue weighted by atomic mass is 16.5. The Morgan fingerprint density at radius 1 is 1.18 bits per heavy atom. The number of aliphatic hydroxyl groups is 1. The lowest BCUT2D eigenvalue weighted by molar-refractivity contribution is -0.143. The van der Waals surface area contributed by atoms with E-state index in [9.17, 15) is 9.59 Å². The van der Waals surface area contributed by atoms with E-state index in [2.05, 4.69) is 19.2 Å². The number of aliphatic hydroxyl groups excluding tert-OH is 1. The van der Waals surface area contributed by atoms with Crippen molar-refractivity contribution in [1.82, 2.24) is 5.32 Å². The molecule has 0 saturated heterocycles. The van der Waals surface area contributed by atoms with Gasteiger partial charge in [0.1, 0.15) is 0 Å². The molecule has 0 aromatic rings. The van der Waals surface area contributed by atoms with Crippen molar-refractivity contribution in [2.45, 2.75) is 78.7 Å². The van der Waals surface area contributed by atoms with E-state index in [1.54, 1.807) is 0 Å². The summed E-state index contributed by atoms with van der Waals surface area (Å²) in [5.74, 6) is 0.607. The first-order valence-electron chi connectivity index (χ1n) is 8.51. The molecule has 2 atom stereocenters. The zero-order valence-corrected chi connectivity index (χ0v) is 14.8. The van der Waals surface area contributed by atoms with E-state index < -0.39 is 0 Å². The van der Waals surface area contributed by atoms with E-state index >= 15 is 0 Å². The Morgan fingerprint density at radius 3 is 2.32 bits per heavy atom. The lowest BCUT2D eigenvalue weighted by Crippen LogP contribution is -2.30. The molecule has 0 saturated carbocycles. The SMILES string of the molecule is CCCC(CO)NC=O.CCCCC(C)CCC(=O)OCC. The first-order chi connectivity index (χ1) is 10.5. The smallest absolute Gasteiger partial charge is 0.305 e. The van der Waals surface area contributed by atoms with Crippen molar-refractivity contribution in [1.29, 1.82) is 0 Å². The molecule has 0 aliphatic carbocycles. The third kappa shape index (κ3) is 17.0. The van der Waals surface area contributed by atoms with Crippen molar-refractivity contribution in [3.05, 3.63) is 0 Å². The van der Waals surface area contributed by atoms with Gasteiger partial charge in [-0.3, -0.25) is 9.59 Å². The van der Waals surface area contributed by atoms with Gasteiger partial charge in [-0.15, -0.1) is 0 Å². The van der Waals surface area contributed by atoms with Crippen LogP contribution >= 0.6 is 0 Å². The molecule has 2 unspecified atom stereocenters. The van der Waals surface area contributed by atoms with Crippen LogP contribution in [-0.2, 0) is 14.3 Å². The van der Waals surface area contributed by atoms with Gasteiger partial charge in [-0.05, 0) is 25.7 Å². The predicted molar refractivity (Wildman–Crippen MR) is 89.5 cm³/mol. The van der Waals surface area contributed by atoms with Crippen molar-refractivity contribution in [3.8, 4) is 0 Å². The summed E-state index contributed by atoms with van der Waals surface area (Å²) in [6.07, 6.45) is 7.74. The third-order valence-corrected chi connectivity index (χ3v) is 3.36. The molecule has 5 nitrogen and oxygen atoms in total. The number of hydrogen-bond donors (Lipinski definition) is 2. The highest BCUT2D eigenvalue weighted by Crippen LogP contribution is 2.13. The summed E-state index contributed by atoms with van der Waals surface area (Å²) >= 11 is 0. The van der Waals surface area contributed by atoms with Crippen molar-refractivity contribution in [2.75, 3.05) is 13.2 Å². The Bertz CT molecular complexity index is 259. The maximum Gasteiger partial charge on any atom is 0.305 e. The molecule has 0 fully saturated rings. The Balaban J connectivity index is 0. The van der Waals surface area contributed by atoms with Gasteiger partial charge in [0.05, 0.1) is 19.3 Å². The molecule has 0 radical (unpaired) electrons. The number of ether oxygens (including phenoxy) is 1. The molecule has 0 aromatic heterocycles. The Morgan fingerprint density at radius 2 is 1.86 bits per heavy atom. The highest BCUT2D eigenvalue weighted by molar-refractivity contribution is 5.69. The molecule has 0 bridgehead atoms. The number of esters is 1. The van der Waals surface area contributed by atoms with Crippen molar-refractivity contribution >= 4 is 12.4 Å². The number of hydrogen-bond acceptors (Lipinski definition) is 4. The van der Waals surface area contributed by atoms with Crippen LogP contribution in [0.5, 0.6) is 0 Å². The van der Waals surface area contributed by atoms with Crippen LogP contribution < -0.4 is 5.32 Å². The van der Waals surface area contributed by atoms with Crippen LogP contribution in [0.2, 0.25) is 0 Å². The number of rotatable bonds is 12. The van der Waals surface area contributed by atoms with Gasteiger partial charge in [-0.25, -0.2) is 0 Å². The van der Waals surface area contributed by atoms with Crippen molar-refractivity contribution < 1.29 is 19.4 Å². The van der Waals surface area contributed by atoms with Crippen LogP contribution in [0.3, 0.4) is 0 Å². The number of amides is 1. The average Bonchev–Trinajstić information content (AvgIpc) is 2.51. The summed E-state index contributed by atoms with van der Waals surface area (Å²) in [7, 11) is 0. The van der Waals surface area contributed by atoms with Gasteiger partial charge in [0, 0.05) is 6.42 Å². The van der Waals surface area contributed by atoms with Gasteiger partial charge in [0.25, 0.3) is 0 Å². The number of nitrogens with one attached hydrogen (secondary N) is 1. The topological polar surface area (TPSA) is 75.6 Å². The quantitative estimate of drug-likeness (QED) is 0.428. The standard InChI is InChI=1S/C11H22O2.C6H13NO2/c1-4-6-7-10(3)8-9-11(12)13-5-2;1-2-3-6(4-8)7-5-9/h10H,4-9H2,1-3H3;5-6,8H,2-4H2,1H3,(H,7,9). The molecule has 5 heteroatoms. The lowest BCUT2D eigenvalue weighted by Gasteiger charge is -2.09. The molecule has 0 heterocycles. The largest absolute Gasteiger partial charge is 0.466 e. The fourth-order valence-corrected chi connectivity index (χ4v) is 1.97. The first-order valence-corrected chi connectivity index (χ1v) is 8.51. The summed E-state index contributed by atoms with van der Waals surface area (Å²) in [4.78, 5) is 20.8. The molecular formula is C17H35NO4. The summed E-state index contributed by atoms with van der Waals surface area (Å²) in [5.41, 5.74) is 0. The van der Waals surface area contributed by atoms with Crippen LogP contribution in [0.25, 0.3) is 0 Å². The summed E-state index contributed by atoms with van der Waals surface area (Å²) in [5, 5.41) is 11.1. The van der Waals surface area contributed by atoms with E-state index in [0.717, 1.165) is 19.3 Å². The van der Waals surface area contributed by atoms with E-state index in [0.29, 0.717) is 25.4 Å². The maximum absolute atomic E-state index is 11.0. The van der Waals surface area contributed by atoms with Crippen LogP contribution in [0.4, 0.5) is 0 Å². The molecule has 0 rings (SSSR count). The first kappa shape index (κ1) is 23.2. The van der Waals surface area contributed by atoms with Gasteiger partial charge < -0.3 is 15.2 Å². The van der Waals surface area contributed by atoms with E-state index in [4.69, 9.17) is 9.84 Å². The molecule has 0 aliphatic heterocycles. The van der Waals surface area contributed by atoms with Gasteiger partial charge in [0.15, 0.2) is 0 Å². The maximum atomic E-state index is 11.0. The molecule has 132 valence electrons. The van der Waals surface area contributed by atoms with Gasteiger partial charge in [-0.1, -0.05) is 46.5 Å².